The number of hydrogen-bond acceptors (Lipinski definition) is 4. The molecule has 1 aromatic carbocycles. The Hall–Kier alpha value is -3.16. The Morgan fingerprint density at radius 3 is 2.48 bits per heavy atom. The van der Waals surface area contributed by atoms with Crippen molar-refractivity contribution in [2.24, 2.45) is 0 Å². The van der Waals surface area contributed by atoms with Gasteiger partial charge in [-0.05, 0) is 24.1 Å². The zero-order valence-electron chi connectivity index (χ0n) is 14.5. The van der Waals surface area contributed by atoms with Crippen LogP contribution in [0.15, 0.2) is 60.9 Å². The van der Waals surface area contributed by atoms with Crippen LogP contribution in [-0.2, 0) is 16.0 Å². The molecule has 0 saturated carbocycles. The molecule has 2 rings (SSSR count). The van der Waals surface area contributed by atoms with E-state index in [1.807, 2.05) is 6.07 Å². The van der Waals surface area contributed by atoms with Crippen molar-refractivity contribution in [1.82, 2.24) is 10.3 Å². The number of alkyl halides is 3. The van der Waals surface area contributed by atoms with E-state index in [0.717, 1.165) is 17.3 Å². The van der Waals surface area contributed by atoms with Crippen molar-refractivity contribution in [1.29, 1.82) is 0 Å². The number of carbonyl (C=O) groups is 2. The van der Waals surface area contributed by atoms with E-state index in [1.54, 1.807) is 43.3 Å². The molecule has 0 fully saturated rings. The predicted octanol–water partition coefficient (Wildman–Crippen LogP) is 3.17. The first-order valence-corrected chi connectivity index (χ1v) is 8.07. The Balaban J connectivity index is 2.13. The lowest BCUT2D eigenvalue weighted by Crippen LogP contribution is -2.40. The predicted molar refractivity (Wildman–Crippen MR) is 94.9 cm³/mol. The molecule has 0 spiro atoms. The average molecular weight is 377 g/mol. The number of pyridine rings is 1. The molecule has 2 N–H and O–H groups in total. The maximum atomic E-state index is 12.6. The Labute approximate surface area is 154 Å². The van der Waals surface area contributed by atoms with Crippen LogP contribution in [0, 0.1) is 6.92 Å². The number of ketones is 1. The summed E-state index contributed by atoms with van der Waals surface area (Å²) in [6, 6.07) is 11.6. The summed E-state index contributed by atoms with van der Waals surface area (Å²) in [5.41, 5.74) is 1.55. The highest BCUT2D eigenvalue weighted by atomic mass is 19.4. The smallest absolute Gasteiger partial charge is 0.379 e. The van der Waals surface area contributed by atoms with E-state index in [2.05, 4.69) is 15.6 Å². The monoisotopic (exact) mass is 377 g/mol. The van der Waals surface area contributed by atoms with Gasteiger partial charge in [0.1, 0.15) is 11.9 Å². The highest BCUT2D eigenvalue weighted by molar-refractivity contribution is 5.96. The molecule has 2 aromatic rings. The minimum absolute atomic E-state index is 0.211. The quantitative estimate of drug-likeness (QED) is 0.727. The molecular weight excluding hydrogens is 359 g/mol. The van der Waals surface area contributed by atoms with Crippen LogP contribution in [0.25, 0.3) is 0 Å². The minimum Gasteiger partial charge on any atom is -0.379 e. The van der Waals surface area contributed by atoms with Crippen LogP contribution >= 0.6 is 0 Å². The molecule has 1 unspecified atom stereocenters. The van der Waals surface area contributed by atoms with E-state index in [9.17, 15) is 22.8 Å². The molecule has 0 aliphatic carbocycles. The molecule has 1 heterocycles. The lowest BCUT2D eigenvalue weighted by atomic mass is 10.1. The van der Waals surface area contributed by atoms with Crippen LogP contribution in [0.1, 0.15) is 11.1 Å². The molecule has 1 atom stereocenters. The van der Waals surface area contributed by atoms with Crippen LogP contribution in [-0.4, -0.2) is 28.9 Å². The van der Waals surface area contributed by atoms with Crippen molar-refractivity contribution in [3.05, 3.63) is 72.1 Å². The number of halogens is 3. The van der Waals surface area contributed by atoms with Gasteiger partial charge < -0.3 is 10.6 Å². The van der Waals surface area contributed by atoms with E-state index in [1.165, 1.54) is 6.20 Å². The van der Waals surface area contributed by atoms with Gasteiger partial charge in [0.25, 0.3) is 5.78 Å². The maximum Gasteiger partial charge on any atom is 0.454 e. The summed E-state index contributed by atoms with van der Waals surface area (Å²) in [6.45, 7) is 1.77. The normalized spacial score (nSPS) is 12.6. The Bertz CT molecular complexity index is 820. The Kier molecular flexibility index (Phi) is 6.70. The molecule has 0 bridgehead atoms. The zero-order chi connectivity index (χ0) is 19.9. The first kappa shape index (κ1) is 20.2. The third kappa shape index (κ3) is 6.25. The number of allylic oxidation sites excluding steroid dienone is 1. The van der Waals surface area contributed by atoms with Gasteiger partial charge in [-0.3, -0.25) is 9.59 Å². The molecule has 1 aromatic heterocycles. The zero-order valence-corrected chi connectivity index (χ0v) is 14.5. The number of carbonyl (C=O) groups excluding carboxylic acids is 2. The summed E-state index contributed by atoms with van der Waals surface area (Å²) in [4.78, 5) is 27.6. The molecule has 1 amide bonds. The molecule has 5 nitrogen and oxygen atoms in total. The van der Waals surface area contributed by atoms with Gasteiger partial charge in [-0.25, -0.2) is 4.98 Å². The Morgan fingerprint density at radius 1 is 1.15 bits per heavy atom. The van der Waals surface area contributed by atoms with Gasteiger partial charge in [0.05, 0.1) is 0 Å². The van der Waals surface area contributed by atoms with E-state index < -0.39 is 23.9 Å². The third-order valence-electron chi connectivity index (χ3n) is 3.66. The molecular formula is C19H18F3N3O2. The molecule has 0 saturated heterocycles. The fraction of sp³-hybridized carbons (Fsp3) is 0.211. The number of aryl methyl sites for hydroxylation is 1. The van der Waals surface area contributed by atoms with Crippen molar-refractivity contribution >= 4 is 17.5 Å². The fourth-order valence-electron chi connectivity index (χ4n) is 2.23. The molecule has 0 aliphatic heterocycles. The largest absolute Gasteiger partial charge is 0.454 e. The highest BCUT2D eigenvalue weighted by Crippen LogP contribution is 2.16. The number of amides is 1. The van der Waals surface area contributed by atoms with Gasteiger partial charge in [0.2, 0.25) is 5.91 Å². The topological polar surface area (TPSA) is 71.1 Å². The first-order chi connectivity index (χ1) is 12.8. The van der Waals surface area contributed by atoms with Crippen LogP contribution in [0.5, 0.6) is 0 Å². The molecule has 27 heavy (non-hydrogen) atoms. The number of rotatable bonds is 7. The second-order valence-electron chi connectivity index (χ2n) is 5.76. The summed E-state index contributed by atoms with van der Waals surface area (Å²) in [7, 11) is 0. The van der Waals surface area contributed by atoms with Crippen molar-refractivity contribution in [2.45, 2.75) is 25.6 Å². The number of nitrogens with zero attached hydrogens (tertiary/aromatic N) is 1. The number of anilines is 1. The van der Waals surface area contributed by atoms with Crippen LogP contribution < -0.4 is 10.6 Å². The van der Waals surface area contributed by atoms with Crippen LogP contribution in [0.2, 0.25) is 0 Å². The van der Waals surface area contributed by atoms with Gasteiger partial charge in [-0.2, -0.15) is 13.2 Å². The summed E-state index contributed by atoms with van der Waals surface area (Å²) in [6.07, 6.45) is -2.03. The van der Waals surface area contributed by atoms with Gasteiger partial charge in [0, 0.05) is 24.9 Å². The second kappa shape index (κ2) is 8.98. The average Bonchev–Trinajstić information content (AvgIpc) is 2.62. The summed E-state index contributed by atoms with van der Waals surface area (Å²) in [5, 5.41) is 5.21. The number of aromatic nitrogens is 1. The van der Waals surface area contributed by atoms with Gasteiger partial charge in [-0.1, -0.05) is 36.4 Å². The van der Waals surface area contributed by atoms with E-state index >= 15 is 0 Å². The van der Waals surface area contributed by atoms with Gasteiger partial charge in [-0.15, -0.1) is 0 Å². The van der Waals surface area contributed by atoms with Gasteiger partial charge >= 0.3 is 6.18 Å². The van der Waals surface area contributed by atoms with E-state index in [4.69, 9.17) is 0 Å². The SMILES string of the molecule is Cc1cccnc1NC(=O)C(Cc1ccccc1)N/C=C/C(=O)C(F)(F)F. The van der Waals surface area contributed by atoms with Gasteiger partial charge in [0.15, 0.2) is 0 Å². The molecule has 0 aliphatic rings. The van der Waals surface area contributed by atoms with Crippen molar-refractivity contribution in [3.63, 3.8) is 0 Å². The number of hydrogen-bond donors (Lipinski definition) is 2. The Morgan fingerprint density at radius 2 is 1.85 bits per heavy atom. The van der Waals surface area contributed by atoms with Crippen molar-refractivity contribution in [3.8, 4) is 0 Å². The summed E-state index contributed by atoms with van der Waals surface area (Å²) >= 11 is 0. The number of nitrogens with one attached hydrogen (secondary N) is 2. The minimum atomic E-state index is -4.96. The number of benzene rings is 1. The standard InChI is InChI=1S/C19H18F3N3O2/c1-13-6-5-10-24-17(13)25-18(27)15(12-14-7-3-2-4-8-14)23-11-9-16(26)19(20,21)22/h2-11,15,23H,12H2,1H3,(H,24,25,27)/b11-9+. The van der Waals surface area contributed by atoms with E-state index in [0.29, 0.717) is 11.9 Å². The lowest BCUT2D eigenvalue weighted by molar-refractivity contribution is -0.165. The van der Waals surface area contributed by atoms with Crippen molar-refractivity contribution < 1.29 is 22.8 Å². The van der Waals surface area contributed by atoms with Crippen LogP contribution in [0.4, 0.5) is 19.0 Å². The second-order valence-corrected chi connectivity index (χ2v) is 5.76. The first-order valence-electron chi connectivity index (χ1n) is 8.07. The van der Waals surface area contributed by atoms with Crippen molar-refractivity contribution in [2.75, 3.05) is 5.32 Å². The molecule has 0 radical (unpaired) electrons. The summed E-state index contributed by atoms with van der Waals surface area (Å²) < 4.78 is 36.9. The van der Waals surface area contributed by atoms with E-state index in [-0.39, 0.29) is 6.42 Å². The lowest BCUT2D eigenvalue weighted by Gasteiger charge is -2.18. The third-order valence-corrected chi connectivity index (χ3v) is 3.66. The fourth-order valence-corrected chi connectivity index (χ4v) is 2.23. The molecule has 142 valence electrons. The highest BCUT2D eigenvalue weighted by Gasteiger charge is 2.36. The maximum absolute atomic E-state index is 12.6. The molecule has 8 heteroatoms. The summed E-state index contributed by atoms with van der Waals surface area (Å²) in [5.74, 6) is -2.13. The van der Waals surface area contributed by atoms with Crippen LogP contribution in [0.3, 0.4) is 0 Å².